The first-order chi connectivity index (χ1) is 9.17. The van der Waals surface area contributed by atoms with Crippen molar-refractivity contribution in [2.45, 2.75) is 13.8 Å². The maximum Gasteiger partial charge on any atom is 0.374 e. The molecular weight excluding hydrogens is 239 g/mol. The average molecular weight is 250 g/mol. The van der Waals surface area contributed by atoms with Crippen LogP contribution in [0.5, 0.6) is 0 Å². The van der Waals surface area contributed by atoms with Crippen LogP contribution in [-0.4, -0.2) is 13.0 Å². The summed E-state index contributed by atoms with van der Waals surface area (Å²) in [5.74, 6) is 1.06. The molecule has 0 aliphatic carbocycles. The first-order valence-corrected chi connectivity index (χ1v) is 5.68. The fraction of sp³-hybridized carbons (Fsp3) is 0.143. The molecule has 0 saturated carbocycles. The van der Waals surface area contributed by atoms with E-state index in [-0.39, 0.29) is 5.76 Å². The van der Waals surface area contributed by atoms with Crippen LogP contribution in [-0.2, 0) is 4.65 Å². The number of hydrogen-bond donors (Lipinski definition) is 0. The van der Waals surface area contributed by atoms with E-state index in [1.165, 1.54) is 0 Å². The predicted molar refractivity (Wildman–Crippen MR) is 71.7 cm³/mol. The molecule has 4 nitrogen and oxygen atoms in total. The van der Waals surface area contributed by atoms with Crippen molar-refractivity contribution in [2.24, 2.45) is 0 Å². The number of nitrogens with zero attached hydrogens (tertiary/aromatic N) is 2. The van der Waals surface area contributed by atoms with Crippen LogP contribution in [0.1, 0.15) is 22.9 Å². The van der Waals surface area contributed by atoms with E-state index in [1.54, 1.807) is 26.0 Å². The maximum atomic E-state index is 9.33. The Balaban J connectivity index is 2.64. The number of benzene rings is 1. The Labute approximate surface area is 112 Å². The summed E-state index contributed by atoms with van der Waals surface area (Å²) in [5, 5.41) is 9.33. The van der Waals surface area contributed by atoms with Gasteiger partial charge in [0.2, 0.25) is 0 Å². The molecular formula is C14H11BN2O2. The Morgan fingerprint density at radius 3 is 2.47 bits per heavy atom. The van der Waals surface area contributed by atoms with Gasteiger partial charge in [0.1, 0.15) is 11.6 Å². The van der Waals surface area contributed by atoms with E-state index in [1.807, 2.05) is 18.2 Å². The molecule has 0 aliphatic heterocycles. The smallest absolute Gasteiger partial charge is 0.374 e. The first-order valence-electron chi connectivity index (χ1n) is 5.68. The van der Waals surface area contributed by atoms with Gasteiger partial charge >= 0.3 is 8.05 Å². The Morgan fingerprint density at radius 1 is 1.32 bits per heavy atom. The van der Waals surface area contributed by atoms with Crippen LogP contribution in [0.15, 0.2) is 34.7 Å². The standard InChI is InChI=1S/C14H11BN2O2/c1-9-13(18-10(2)17-9)14(19-15)12(8-16)11-6-4-3-5-7-11/h3-7H,1-2H3. The predicted octanol–water partition coefficient (Wildman–Crippen LogP) is 2.78. The largest absolute Gasteiger partial charge is 0.564 e. The third kappa shape index (κ3) is 2.53. The molecule has 0 spiro atoms. The van der Waals surface area contributed by atoms with Crippen molar-refractivity contribution in [3.8, 4) is 6.07 Å². The number of rotatable bonds is 3. The van der Waals surface area contributed by atoms with Crippen molar-refractivity contribution in [3.05, 3.63) is 53.2 Å². The maximum absolute atomic E-state index is 9.33. The SMILES string of the molecule is [B]OC(=C(C#N)c1ccccc1)c1oc(C)nc1C. The Bertz CT molecular complexity index is 654. The molecule has 2 rings (SSSR count). The summed E-state index contributed by atoms with van der Waals surface area (Å²) in [7, 11) is 5.30. The van der Waals surface area contributed by atoms with Crippen LogP contribution in [0.3, 0.4) is 0 Å². The second-order valence-electron chi connectivity index (χ2n) is 3.95. The van der Waals surface area contributed by atoms with Gasteiger partial charge in [-0.2, -0.15) is 5.26 Å². The van der Waals surface area contributed by atoms with Crippen molar-refractivity contribution >= 4 is 19.4 Å². The molecule has 0 fully saturated rings. The molecule has 5 heteroatoms. The number of oxazole rings is 1. The second kappa shape index (κ2) is 5.45. The molecule has 0 aliphatic rings. The summed E-state index contributed by atoms with van der Waals surface area (Å²) in [4.78, 5) is 4.14. The van der Waals surface area contributed by atoms with Gasteiger partial charge in [-0.15, -0.1) is 0 Å². The van der Waals surface area contributed by atoms with Gasteiger partial charge in [-0.25, -0.2) is 4.98 Å². The Kier molecular flexibility index (Phi) is 3.72. The highest BCUT2D eigenvalue weighted by atomic mass is 16.4. The van der Waals surface area contributed by atoms with Crippen molar-refractivity contribution in [3.63, 3.8) is 0 Å². The van der Waals surface area contributed by atoms with Gasteiger partial charge in [-0.3, -0.25) is 0 Å². The number of hydrogen-bond acceptors (Lipinski definition) is 4. The third-order valence-corrected chi connectivity index (χ3v) is 2.63. The van der Waals surface area contributed by atoms with Crippen LogP contribution >= 0.6 is 0 Å². The van der Waals surface area contributed by atoms with E-state index in [9.17, 15) is 5.26 Å². The van der Waals surface area contributed by atoms with Crippen LogP contribution in [0.25, 0.3) is 11.3 Å². The Morgan fingerprint density at radius 2 is 2.00 bits per heavy atom. The minimum Gasteiger partial charge on any atom is -0.564 e. The molecule has 0 N–H and O–H groups in total. The van der Waals surface area contributed by atoms with Gasteiger partial charge in [0, 0.05) is 6.92 Å². The second-order valence-corrected chi connectivity index (χ2v) is 3.95. The molecule has 92 valence electrons. The number of nitriles is 1. The van der Waals surface area contributed by atoms with E-state index in [4.69, 9.17) is 17.1 Å². The molecule has 2 aromatic rings. The normalized spacial score (nSPS) is 11.6. The summed E-state index contributed by atoms with van der Waals surface area (Å²) in [6.45, 7) is 3.49. The molecule has 19 heavy (non-hydrogen) atoms. The molecule has 2 radical (unpaired) electrons. The van der Waals surface area contributed by atoms with Crippen LogP contribution in [0.4, 0.5) is 0 Å². The van der Waals surface area contributed by atoms with Crippen LogP contribution in [0.2, 0.25) is 0 Å². The van der Waals surface area contributed by atoms with Crippen LogP contribution < -0.4 is 0 Å². The van der Waals surface area contributed by atoms with Crippen molar-refractivity contribution in [2.75, 3.05) is 0 Å². The lowest BCUT2D eigenvalue weighted by atomic mass is 10.0. The summed E-state index contributed by atoms with van der Waals surface area (Å²) in [6, 6.07) is 11.2. The molecule has 0 saturated heterocycles. The highest BCUT2D eigenvalue weighted by Gasteiger charge is 2.18. The summed E-state index contributed by atoms with van der Waals surface area (Å²) < 4.78 is 10.3. The molecule has 0 atom stereocenters. The number of aryl methyl sites for hydroxylation is 2. The van der Waals surface area contributed by atoms with Crippen LogP contribution in [0, 0.1) is 25.2 Å². The van der Waals surface area contributed by atoms with Gasteiger partial charge in [0.25, 0.3) is 0 Å². The lowest BCUT2D eigenvalue weighted by molar-refractivity contribution is 0.469. The zero-order chi connectivity index (χ0) is 13.8. The fourth-order valence-corrected chi connectivity index (χ4v) is 1.82. The summed E-state index contributed by atoms with van der Waals surface area (Å²) in [5.41, 5.74) is 1.64. The lowest BCUT2D eigenvalue weighted by Crippen LogP contribution is -1.95. The van der Waals surface area contributed by atoms with Gasteiger partial charge < -0.3 is 9.07 Å². The van der Waals surface area contributed by atoms with Crippen molar-refractivity contribution in [1.82, 2.24) is 4.98 Å². The molecule has 1 heterocycles. The average Bonchev–Trinajstić information content (AvgIpc) is 2.75. The molecule has 0 amide bonds. The number of allylic oxidation sites excluding steroid dienone is 1. The molecule has 0 bridgehead atoms. The fourth-order valence-electron chi connectivity index (χ4n) is 1.82. The zero-order valence-electron chi connectivity index (χ0n) is 10.7. The van der Waals surface area contributed by atoms with Crippen molar-refractivity contribution in [1.29, 1.82) is 5.26 Å². The molecule has 0 unspecified atom stereocenters. The van der Waals surface area contributed by atoms with E-state index < -0.39 is 0 Å². The van der Waals surface area contributed by atoms with Gasteiger partial charge in [-0.1, -0.05) is 30.3 Å². The van der Waals surface area contributed by atoms with Gasteiger partial charge in [0.15, 0.2) is 17.4 Å². The van der Waals surface area contributed by atoms with E-state index in [0.29, 0.717) is 28.5 Å². The quantitative estimate of drug-likeness (QED) is 0.477. The van der Waals surface area contributed by atoms with E-state index >= 15 is 0 Å². The van der Waals surface area contributed by atoms with E-state index in [2.05, 4.69) is 11.1 Å². The topological polar surface area (TPSA) is 59.0 Å². The highest BCUT2D eigenvalue weighted by molar-refractivity contribution is 6.06. The van der Waals surface area contributed by atoms with Crippen molar-refractivity contribution < 1.29 is 9.07 Å². The highest BCUT2D eigenvalue weighted by Crippen LogP contribution is 2.28. The monoisotopic (exact) mass is 250 g/mol. The summed E-state index contributed by atoms with van der Waals surface area (Å²) >= 11 is 0. The number of aromatic nitrogens is 1. The molecule has 1 aromatic heterocycles. The van der Waals surface area contributed by atoms with Gasteiger partial charge in [-0.05, 0) is 12.5 Å². The minimum atomic E-state index is 0.187. The molecule has 1 aromatic carbocycles. The minimum absolute atomic E-state index is 0.187. The van der Waals surface area contributed by atoms with Gasteiger partial charge in [0.05, 0.1) is 5.69 Å². The summed E-state index contributed by atoms with van der Waals surface area (Å²) in [6.07, 6.45) is 0. The zero-order valence-corrected chi connectivity index (χ0v) is 10.7. The Hall–Kier alpha value is -2.48. The lowest BCUT2D eigenvalue weighted by Gasteiger charge is -2.08. The third-order valence-electron chi connectivity index (χ3n) is 2.63. The van der Waals surface area contributed by atoms with E-state index in [0.717, 1.165) is 0 Å². The first kappa shape index (κ1) is 13.0.